The molecular weight excluding hydrogens is 166 g/mol. The zero-order valence-electron chi connectivity index (χ0n) is 9.25. The highest BCUT2D eigenvalue weighted by atomic mass is 16.3. The Hall–Kier alpha value is -0.120. The van der Waals surface area contributed by atoms with Crippen molar-refractivity contribution in [2.75, 3.05) is 26.8 Å². The lowest BCUT2D eigenvalue weighted by molar-refractivity contribution is 0.0648. The second kappa shape index (κ2) is 5.58. The minimum atomic E-state index is -0.0435. The van der Waals surface area contributed by atoms with Crippen LogP contribution in [0.1, 0.15) is 27.2 Å². The molecule has 2 N–H and O–H groups in total. The highest BCUT2D eigenvalue weighted by Crippen LogP contribution is 2.21. The van der Waals surface area contributed by atoms with E-state index in [1.807, 2.05) is 14.0 Å². The molecule has 0 bridgehead atoms. The van der Waals surface area contributed by atoms with Gasteiger partial charge >= 0.3 is 0 Å². The van der Waals surface area contributed by atoms with E-state index in [1.54, 1.807) is 0 Å². The van der Waals surface area contributed by atoms with Crippen LogP contribution in [-0.4, -0.2) is 48.0 Å². The van der Waals surface area contributed by atoms with Gasteiger partial charge in [-0.2, -0.15) is 0 Å². The van der Waals surface area contributed by atoms with Crippen molar-refractivity contribution in [2.45, 2.75) is 33.2 Å². The molecule has 0 saturated carbocycles. The van der Waals surface area contributed by atoms with Crippen LogP contribution in [0.3, 0.4) is 0 Å². The summed E-state index contributed by atoms with van der Waals surface area (Å²) < 4.78 is 0. The van der Waals surface area contributed by atoms with Crippen molar-refractivity contribution in [1.29, 1.82) is 0 Å². The lowest BCUT2D eigenvalue weighted by atomic mass is 9.88. The van der Waals surface area contributed by atoms with Crippen LogP contribution in [0.5, 0.6) is 0 Å². The Morgan fingerprint density at radius 3 is 2.23 bits per heavy atom. The van der Waals surface area contributed by atoms with Crippen molar-refractivity contribution in [2.24, 2.45) is 5.41 Å². The van der Waals surface area contributed by atoms with E-state index < -0.39 is 0 Å². The monoisotopic (exact) mass is 189 g/mol. The molecule has 0 aromatic heterocycles. The summed E-state index contributed by atoms with van der Waals surface area (Å²) in [5.41, 5.74) is -0.0435. The molecule has 0 spiro atoms. The molecule has 3 nitrogen and oxygen atoms in total. The van der Waals surface area contributed by atoms with Gasteiger partial charge in [-0.15, -0.1) is 0 Å². The minimum Gasteiger partial charge on any atom is -0.396 e. The van der Waals surface area contributed by atoms with Gasteiger partial charge in [0.25, 0.3) is 0 Å². The fourth-order valence-corrected chi connectivity index (χ4v) is 1.17. The quantitative estimate of drug-likeness (QED) is 0.646. The summed E-state index contributed by atoms with van der Waals surface area (Å²) in [7, 11) is 1.98. The Bertz CT molecular complexity index is 135. The largest absolute Gasteiger partial charge is 0.396 e. The van der Waals surface area contributed by atoms with E-state index >= 15 is 0 Å². The molecular formula is C10H23NO2. The van der Waals surface area contributed by atoms with Gasteiger partial charge in [-0.3, -0.25) is 0 Å². The molecule has 0 saturated heterocycles. The number of aliphatic hydroxyl groups excluding tert-OH is 2. The van der Waals surface area contributed by atoms with E-state index in [-0.39, 0.29) is 24.7 Å². The Balaban J connectivity index is 4.08. The molecule has 0 fully saturated rings. The van der Waals surface area contributed by atoms with Gasteiger partial charge < -0.3 is 15.1 Å². The summed E-state index contributed by atoms with van der Waals surface area (Å²) in [4.78, 5) is 2.08. The van der Waals surface area contributed by atoms with Gasteiger partial charge in [-0.1, -0.05) is 13.8 Å². The van der Waals surface area contributed by atoms with Crippen LogP contribution in [0.15, 0.2) is 0 Å². The molecule has 0 aliphatic heterocycles. The third-order valence-corrected chi connectivity index (χ3v) is 2.88. The average Bonchev–Trinajstić information content (AvgIpc) is 2.16. The number of rotatable bonds is 6. The Labute approximate surface area is 81.4 Å². The minimum absolute atomic E-state index is 0.0435. The summed E-state index contributed by atoms with van der Waals surface area (Å²) in [6.07, 6.45) is 0.950. The molecule has 0 aliphatic rings. The van der Waals surface area contributed by atoms with Crippen molar-refractivity contribution in [3.63, 3.8) is 0 Å². The molecule has 0 amide bonds. The summed E-state index contributed by atoms with van der Waals surface area (Å²) >= 11 is 0. The van der Waals surface area contributed by atoms with Crippen LogP contribution in [0, 0.1) is 5.41 Å². The lowest BCUT2D eigenvalue weighted by Gasteiger charge is -2.33. The molecule has 0 rings (SSSR count). The highest BCUT2D eigenvalue weighted by Gasteiger charge is 2.24. The van der Waals surface area contributed by atoms with Gasteiger partial charge in [-0.05, 0) is 20.4 Å². The number of hydrogen-bond donors (Lipinski definition) is 2. The van der Waals surface area contributed by atoms with Gasteiger partial charge in [-0.25, -0.2) is 0 Å². The topological polar surface area (TPSA) is 43.7 Å². The number of likely N-dealkylation sites (N-methyl/N-ethyl adjacent to an activating group) is 1. The molecule has 0 heterocycles. The molecule has 0 aromatic rings. The van der Waals surface area contributed by atoms with Crippen LogP contribution in [-0.2, 0) is 0 Å². The van der Waals surface area contributed by atoms with Crippen molar-refractivity contribution in [1.82, 2.24) is 4.90 Å². The predicted molar refractivity (Wildman–Crippen MR) is 54.7 cm³/mol. The third kappa shape index (κ3) is 4.07. The molecule has 80 valence electrons. The van der Waals surface area contributed by atoms with E-state index in [9.17, 15) is 5.11 Å². The van der Waals surface area contributed by atoms with Gasteiger partial charge in [0.1, 0.15) is 0 Å². The first-order valence-electron chi connectivity index (χ1n) is 4.91. The van der Waals surface area contributed by atoms with Crippen LogP contribution in [0.4, 0.5) is 0 Å². The van der Waals surface area contributed by atoms with Crippen LogP contribution in [0.25, 0.3) is 0 Å². The van der Waals surface area contributed by atoms with Crippen molar-refractivity contribution in [3.05, 3.63) is 0 Å². The first kappa shape index (κ1) is 12.9. The maximum absolute atomic E-state index is 9.20. The van der Waals surface area contributed by atoms with Gasteiger partial charge in [0.15, 0.2) is 0 Å². The van der Waals surface area contributed by atoms with Crippen LogP contribution < -0.4 is 0 Å². The van der Waals surface area contributed by atoms with Crippen molar-refractivity contribution >= 4 is 0 Å². The SMILES string of the molecule is CCC(C)(CO)CN(C)C(C)CO. The molecule has 0 aliphatic carbocycles. The Morgan fingerprint density at radius 1 is 1.38 bits per heavy atom. The van der Waals surface area contributed by atoms with E-state index in [2.05, 4.69) is 18.7 Å². The fraction of sp³-hybridized carbons (Fsp3) is 1.00. The smallest absolute Gasteiger partial charge is 0.0584 e. The van der Waals surface area contributed by atoms with E-state index in [4.69, 9.17) is 5.11 Å². The summed E-state index contributed by atoms with van der Waals surface area (Å²) in [5.74, 6) is 0. The molecule has 0 radical (unpaired) electrons. The molecule has 3 heteroatoms. The highest BCUT2D eigenvalue weighted by molar-refractivity contribution is 4.77. The maximum Gasteiger partial charge on any atom is 0.0584 e. The second-order valence-corrected chi connectivity index (χ2v) is 4.27. The summed E-state index contributed by atoms with van der Waals surface area (Å²) in [5, 5.41) is 18.1. The Kier molecular flexibility index (Phi) is 5.53. The predicted octanol–water partition coefficient (Wildman–Crippen LogP) is 0.708. The number of aliphatic hydroxyl groups is 2. The summed E-state index contributed by atoms with van der Waals surface area (Å²) in [6, 6.07) is 0.164. The first-order chi connectivity index (χ1) is 5.99. The van der Waals surface area contributed by atoms with Gasteiger partial charge in [0.2, 0.25) is 0 Å². The zero-order chi connectivity index (χ0) is 10.5. The molecule has 2 atom stereocenters. The lowest BCUT2D eigenvalue weighted by Crippen LogP contribution is -2.41. The van der Waals surface area contributed by atoms with Crippen molar-refractivity contribution in [3.8, 4) is 0 Å². The maximum atomic E-state index is 9.20. The van der Waals surface area contributed by atoms with Gasteiger partial charge in [0.05, 0.1) is 6.61 Å². The normalized spacial score (nSPS) is 18.7. The number of nitrogens with zero attached hydrogens (tertiary/aromatic N) is 1. The van der Waals surface area contributed by atoms with Crippen LogP contribution in [0.2, 0.25) is 0 Å². The molecule has 13 heavy (non-hydrogen) atoms. The fourth-order valence-electron chi connectivity index (χ4n) is 1.17. The van der Waals surface area contributed by atoms with E-state index in [0.29, 0.717) is 0 Å². The average molecular weight is 189 g/mol. The second-order valence-electron chi connectivity index (χ2n) is 4.27. The molecule has 2 unspecified atom stereocenters. The first-order valence-corrected chi connectivity index (χ1v) is 4.91. The van der Waals surface area contributed by atoms with Crippen LogP contribution >= 0.6 is 0 Å². The standard InChI is InChI=1S/C10H23NO2/c1-5-10(3,8-13)7-11(4)9(2)6-12/h9,12-13H,5-8H2,1-4H3. The summed E-state index contributed by atoms with van der Waals surface area (Å²) in [6.45, 7) is 7.31. The number of hydrogen-bond acceptors (Lipinski definition) is 3. The van der Waals surface area contributed by atoms with Crippen molar-refractivity contribution < 1.29 is 10.2 Å². The van der Waals surface area contributed by atoms with Gasteiger partial charge in [0, 0.05) is 24.6 Å². The van der Waals surface area contributed by atoms with E-state index in [1.165, 1.54) is 0 Å². The molecule has 0 aromatic carbocycles. The van der Waals surface area contributed by atoms with E-state index in [0.717, 1.165) is 13.0 Å². The third-order valence-electron chi connectivity index (χ3n) is 2.88. The zero-order valence-corrected chi connectivity index (χ0v) is 9.25. The Morgan fingerprint density at radius 2 is 1.92 bits per heavy atom.